The molecule has 2 atom stereocenters. The summed E-state index contributed by atoms with van der Waals surface area (Å²) in [5, 5.41) is 2.87. The van der Waals surface area contributed by atoms with Gasteiger partial charge in [0.1, 0.15) is 11.0 Å². The number of piperidine rings is 1. The average molecular weight is 546 g/mol. The number of nitrogens with zero attached hydrogens (tertiary/aromatic N) is 1. The first-order chi connectivity index (χ1) is 15.6. The number of anilines is 2. The number of rotatable bonds is 7. The number of alkyl halides is 3. The van der Waals surface area contributed by atoms with E-state index in [1.165, 1.54) is 18.4 Å². The SMILES string of the molecule is CC(C(=O)NCc1ccc(C(F)(F)F)cc1N1CCCCC1)c1ccc(NS(C)=O)c(Br)c1. The molecule has 180 valence electrons. The molecule has 1 saturated heterocycles. The number of hydrogen-bond donors (Lipinski definition) is 2. The van der Waals surface area contributed by atoms with Gasteiger partial charge in [-0.1, -0.05) is 12.1 Å². The lowest BCUT2D eigenvalue weighted by Gasteiger charge is -2.31. The van der Waals surface area contributed by atoms with E-state index in [-0.39, 0.29) is 12.5 Å². The van der Waals surface area contributed by atoms with Crippen molar-refractivity contribution in [3.63, 3.8) is 0 Å². The first-order valence-electron chi connectivity index (χ1n) is 10.7. The average Bonchev–Trinajstić information content (AvgIpc) is 2.78. The smallest absolute Gasteiger partial charge is 0.371 e. The summed E-state index contributed by atoms with van der Waals surface area (Å²) in [4.78, 5) is 14.8. The van der Waals surface area contributed by atoms with Crippen molar-refractivity contribution < 1.29 is 22.2 Å². The number of hydrogen-bond acceptors (Lipinski definition) is 3. The predicted molar refractivity (Wildman–Crippen MR) is 130 cm³/mol. The summed E-state index contributed by atoms with van der Waals surface area (Å²) in [5.74, 6) is -0.707. The van der Waals surface area contributed by atoms with Gasteiger partial charge in [0.15, 0.2) is 0 Å². The zero-order chi connectivity index (χ0) is 24.2. The number of benzene rings is 2. The molecule has 3 rings (SSSR count). The van der Waals surface area contributed by atoms with Crippen LogP contribution in [0.5, 0.6) is 0 Å². The van der Waals surface area contributed by atoms with Crippen LogP contribution < -0.4 is 14.9 Å². The minimum atomic E-state index is -4.42. The van der Waals surface area contributed by atoms with Crippen LogP contribution in [0, 0.1) is 0 Å². The van der Waals surface area contributed by atoms with Crippen LogP contribution in [0.1, 0.15) is 48.8 Å². The molecule has 2 N–H and O–H groups in total. The molecule has 0 aromatic heterocycles. The largest absolute Gasteiger partial charge is 0.416 e. The quantitative estimate of drug-likeness (QED) is 0.477. The lowest BCUT2D eigenvalue weighted by atomic mass is 9.99. The van der Waals surface area contributed by atoms with Crippen molar-refractivity contribution in [2.45, 2.75) is 44.8 Å². The summed E-state index contributed by atoms with van der Waals surface area (Å²) in [7, 11) is -1.22. The molecule has 33 heavy (non-hydrogen) atoms. The molecule has 0 bridgehead atoms. The van der Waals surface area contributed by atoms with Gasteiger partial charge in [0, 0.05) is 36.1 Å². The normalized spacial score (nSPS) is 16.2. The standard InChI is InChI=1S/C23H27BrF3N3O2S/c1-15(16-7-9-20(19(24)12-16)29-33(2)32)22(31)28-14-17-6-8-18(23(25,26)27)13-21(17)30-10-4-3-5-11-30/h6-9,12-13,15,29H,3-5,10-11,14H2,1-2H3,(H,28,31). The minimum absolute atomic E-state index is 0.142. The number of carbonyl (C=O) groups excluding carboxylic acids is 1. The van der Waals surface area contributed by atoms with E-state index >= 15 is 0 Å². The van der Waals surface area contributed by atoms with Crippen molar-refractivity contribution in [2.75, 3.05) is 29.0 Å². The van der Waals surface area contributed by atoms with Crippen LogP contribution in [-0.4, -0.2) is 29.5 Å². The van der Waals surface area contributed by atoms with Gasteiger partial charge < -0.3 is 14.9 Å². The van der Waals surface area contributed by atoms with Crippen LogP contribution in [0.3, 0.4) is 0 Å². The first-order valence-corrected chi connectivity index (χ1v) is 13.0. The van der Waals surface area contributed by atoms with Crippen LogP contribution in [0.15, 0.2) is 40.9 Å². The molecule has 2 unspecified atom stereocenters. The summed E-state index contributed by atoms with van der Waals surface area (Å²) in [6.07, 6.45) is 0.0430. The fourth-order valence-corrected chi connectivity index (χ4v) is 4.96. The van der Waals surface area contributed by atoms with Gasteiger partial charge >= 0.3 is 6.18 Å². The highest BCUT2D eigenvalue weighted by molar-refractivity contribution is 9.10. The van der Waals surface area contributed by atoms with Gasteiger partial charge in [-0.15, -0.1) is 0 Å². The van der Waals surface area contributed by atoms with Gasteiger partial charge in [-0.2, -0.15) is 13.2 Å². The topological polar surface area (TPSA) is 61.4 Å². The maximum atomic E-state index is 13.3. The maximum Gasteiger partial charge on any atom is 0.416 e. The Morgan fingerprint density at radius 3 is 2.45 bits per heavy atom. The van der Waals surface area contributed by atoms with Crippen molar-refractivity contribution >= 4 is 44.2 Å². The third kappa shape index (κ3) is 6.72. The highest BCUT2D eigenvalue weighted by Gasteiger charge is 2.32. The van der Waals surface area contributed by atoms with Crippen LogP contribution in [0.25, 0.3) is 0 Å². The highest BCUT2D eigenvalue weighted by atomic mass is 79.9. The van der Waals surface area contributed by atoms with Crippen LogP contribution in [-0.2, 0) is 28.5 Å². The molecule has 0 saturated carbocycles. The zero-order valence-electron chi connectivity index (χ0n) is 18.5. The van der Waals surface area contributed by atoms with E-state index in [4.69, 9.17) is 0 Å². The fourth-order valence-electron chi connectivity index (χ4n) is 3.84. The minimum Gasteiger partial charge on any atom is -0.371 e. The Bertz CT molecular complexity index is 1030. The molecule has 0 radical (unpaired) electrons. The second-order valence-electron chi connectivity index (χ2n) is 8.12. The van der Waals surface area contributed by atoms with Crippen molar-refractivity contribution in [1.82, 2.24) is 5.32 Å². The highest BCUT2D eigenvalue weighted by Crippen LogP contribution is 2.34. The first kappa shape index (κ1) is 25.6. The molecule has 1 fully saturated rings. The Labute approximate surface area is 202 Å². The molecule has 10 heteroatoms. The Morgan fingerprint density at radius 2 is 1.85 bits per heavy atom. The number of carbonyl (C=O) groups is 1. The van der Waals surface area contributed by atoms with Crippen molar-refractivity contribution in [3.8, 4) is 0 Å². The van der Waals surface area contributed by atoms with E-state index in [1.807, 2.05) is 4.90 Å². The Kier molecular flexibility index (Phi) is 8.44. The van der Waals surface area contributed by atoms with Crippen molar-refractivity contribution in [2.24, 2.45) is 0 Å². The molecule has 1 aliphatic rings. The second kappa shape index (κ2) is 10.9. The summed E-state index contributed by atoms with van der Waals surface area (Å²) in [6, 6.07) is 9.03. The van der Waals surface area contributed by atoms with E-state index in [1.54, 1.807) is 25.1 Å². The van der Waals surface area contributed by atoms with Gasteiger partial charge in [0.05, 0.1) is 17.2 Å². The lowest BCUT2D eigenvalue weighted by molar-refractivity contribution is -0.137. The maximum absolute atomic E-state index is 13.3. The Balaban J connectivity index is 1.75. The van der Waals surface area contributed by atoms with E-state index in [2.05, 4.69) is 26.0 Å². The lowest BCUT2D eigenvalue weighted by Crippen LogP contribution is -2.32. The van der Waals surface area contributed by atoms with Gasteiger partial charge in [-0.3, -0.25) is 4.79 Å². The van der Waals surface area contributed by atoms with Crippen LogP contribution >= 0.6 is 15.9 Å². The Hall–Kier alpha value is -2.07. The van der Waals surface area contributed by atoms with Gasteiger partial charge in [-0.25, -0.2) is 4.21 Å². The number of halogens is 4. The van der Waals surface area contributed by atoms with E-state index in [0.717, 1.165) is 30.9 Å². The Morgan fingerprint density at radius 1 is 1.15 bits per heavy atom. The molecule has 0 spiro atoms. The molecule has 2 aromatic carbocycles. The molecule has 1 amide bonds. The van der Waals surface area contributed by atoms with Crippen LogP contribution in [0.2, 0.25) is 0 Å². The molecule has 2 aromatic rings. The molecule has 5 nitrogen and oxygen atoms in total. The van der Waals surface area contributed by atoms with Crippen molar-refractivity contribution in [1.29, 1.82) is 0 Å². The summed E-state index contributed by atoms with van der Waals surface area (Å²) in [6.45, 7) is 3.31. The molecule has 1 aliphatic heterocycles. The monoisotopic (exact) mass is 545 g/mol. The number of nitrogens with one attached hydrogen (secondary N) is 2. The molecule has 0 aliphatic carbocycles. The van der Waals surface area contributed by atoms with Crippen molar-refractivity contribution in [3.05, 3.63) is 57.6 Å². The number of amides is 1. The molecular formula is C23H27BrF3N3O2S. The predicted octanol–water partition coefficient (Wildman–Crippen LogP) is 5.58. The fraction of sp³-hybridized carbons (Fsp3) is 0.435. The van der Waals surface area contributed by atoms with E-state index in [0.29, 0.717) is 34.5 Å². The molecular weight excluding hydrogens is 519 g/mol. The van der Waals surface area contributed by atoms with E-state index in [9.17, 15) is 22.2 Å². The summed E-state index contributed by atoms with van der Waals surface area (Å²) in [5.41, 5.74) is 1.93. The van der Waals surface area contributed by atoms with Gasteiger partial charge in [0.25, 0.3) is 0 Å². The second-order valence-corrected chi connectivity index (χ2v) is 10.1. The van der Waals surface area contributed by atoms with Gasteiger partial charge in [-0.05, 0) is 77.5 Å². The van der Waals surface area contributed by atoms with Gasteiger partial charge in [0.2, 0.25) is 5.91 Å². The summed E-state index contributed by atoms with van der Waals surface area (Å²) < 4.78 is 54.7. The third-order valence-electron chi connectivity index (χ3n) is 5.70. The van der Waals surface area contributed by atoms with E-state index < -0.39 is 28.6 Å². The third-order valence-corrected chi connectivity index (χ3v) is 6.87. The zero-order valence-corrected chi connectivity index (χ0v) is 20.9. The molecule has 1 heterocycles. The van der Waals surface area contributed by atoms with Crippen LogP contribution in [0.4, 0.5) is 24.5 Å². The summed E-state index contributed by atoms with van der Waals surface area (Å²) >= 11 is 3.42.